The molecule has 0 saturated heterocycles. The Morgan fingerprint density at radius 2 is 1.33 bits per heavy atom. The number of hydrogen-bond acceptors (Lipinski definition) is 3. The van der Waals surface area contributed by atoms with Crippen molar-refractivity contribution in [3.63, 3.8) is 0 Å². The summed E-state index contributed by atoms with van der Waals surface area (Å²) in [4.78, 5) is 22.9. The minimum absolute atomic E-state index is 0. The Morgan fingerprint density at radius 1 is 1.33 bits per heavy atom. The van der Waals surface area contributed by atoms with Gasteiger partial charge in [-0.1, -0.05) is 0 Å². The molecule has 0 saturated carbocycles. The topological polar surface area (TPSA) is 63.5 Å². The Hall–Kier alpha value is 1.22. The quantitative estimate of drug-likeness (QED) is 0.293. The van der Waals surface area contributed by atoms with Crippen LogP contribution in [-0.2, 0) is 19.5 Å². The maximum absolute atomic E-state index is 8.70. The molecule has 0 aromatic carbocycles. The maximum Gasteiger partial charge on any atom is 2.00 e. The van der Waals surface area contributed by atoms with E-state index in [4.69, 9.17) is 14.7 Å². The Morgan fingerprint density at radius 3 is 1.33 bits per heavy atom. The molecule has 0 aliphatic carbocycles. The van der Waals surface area contributed by atoms with Gasteiger partial charge in [0.05, 0.1) is 8.60 Å². The van der Waals surface area contributed by atoms with Crippen LogP contribution in [0, 0.1) is 0 Å². The smallest absolute Gasteiger partial charge is 1.00 e. The van der Waals surface area contributed by atoms with Gasteiger partial charge in [0.25, 0.3) is 0 Å². The van der Waals surface area contributed by atoms with E-state index in [1.807, 2.05) is 0 Å². The fourth-order valence-electron chi connectivity index (χ4n) is 0. The molecule has 0 aromatic rings. The fraction of sp³-hybridized carbons (Fsp3) is 0. The minimum atomic E-state index is -2.87. The normalized spacial score (nSPS) is 6.00. The maximum atomic E-state index is 8.70. The van der Waals surface area contributed by atoms with E-state index in [9.17, 15) is 0 Å². The van der Waals surface area contributed by atoms with E-state index < -0.39 is 8.60 Å². The van der Waals surface area contributed by atoms with E-state index in [1.54, 1.807) is 0 Å². The molecule has 0 bridgehead atoms. The molecule has 2 N–H and O–H groups in total. The summed E-state index contributed by atoms with van der Waals surface area (Å²) in [5, 5.41) is 0. The molecule has 0 fully saturated rings. The number of rotatable bonds is 0. The van der Waals surface area contributed by atoms with Crippen LogP contribution in [0.15, 0.2) is 0 Å². The van der Waals surface area contributed by atoms with Crippen LogP contribution in [0.5, 0.6) is 0 Å². The minimum Gasteiger partial charge on any atom is -1.00 e. The van der Waals surface area contributed by atoms with Crippen LogP contribution in [0.3, 0.4) is 0 Å². The van der Waals surface area contributed by atoms with Crippen molar-refractivity contribution in [2.24, 2.45) is 0 Å². The molecule has 6 heavy (non-hydrogen) atoms. The average molecular weight is 182 g/mol. The van der Waals surface area contributed by atoms with E-state index in [2.05, 4.69) is 0 Å². The summed E-state index contributed by atoms with van der Waals surface area (Å²) < 4.78 is 0. The first-order valence-electron chi connectivity index (χ1n) is 0.583. The summed E-state index contributed by atoms with van der Waals surface area (Å²) in [5.41, 5.74) is 0. The molecule has 34 valence electrons. The molecule has 0 rings (SSSR count). The molecule has 0 heterocycles. The van der Waals surface area contributed by atoms with E-state index in [0.29, 0.717) is 0 Å². The predicted octanol–water partition coefficient (Wildman–Crippen LogP) is -4.44. The van der Waals surface area contributed by atoms with E-state index in [0.717, 1.165) is 0 Å². The van der Waals surface area contributed by atoms with Crippen LogP contribution in [0.2, 0.25) is 0 Å². The third-order valence-electron chi connectivity index (χ3n) is 0. The van der Waals surface area contributed by atoms with Gasteiger partial charge in [-0.05, 0) is 0 Å². The average Bonchev–Trinajstić information content (AvgIpc) is 0.811. The summed E-state index contributed by atoms with van der Waals surface area (Å²) >= 11 is 0. The fourth-order valence-corrected chi connectivity index (χ4v) is 0. The van der Waals surface area contributed by atoms with Crippen molar-refractivity contribution < 1.29 is 46.6 Å². The first-order chi connectivity index (χ1) is 1.73. The second-order valence-electron chi connectivity index (χ2n) is 0.253. The zero-order chi connectivity index (χ0) is 3.58. The first-order valence-corrected chi connectivity index (χ1v) is 1.75. The Balaban J connectivity index is -0.0000000450. The standard InChI is InChI=1S/ClH.H2O3P.Zn/c;1-4(2)3;/h1H;1-2H;/q;-1;+2/p-1. The summed E-state index contributed by atoms with van der Waals surface area (Å²) in [6.07, 6.45) is 0. The molecule has 0 amide bonds. The van der Waals surface area contributed by atoms with Crippen LogP contribution >= 0.6 is 8.60 Å². The van der Waals surface area contributed by atoms with Crippen molar-refractivity contribution in [3.05, 3.63) is 0 Å². The monoisotopic (exact) mass is 180 g/mol. The second kappa shape index (κ2) is 9.52. The van der Waals surface area contributed by atoms with Gasteiger partial charge in [0.2, 0.25) is 0 Å². The Kier molecular flexibility index (Phi) is 24.9. The molecule has 0 aliphatic heterocycles. The van der Waals surface area contributed by atoms with E-state index in [1.165, 1.54) is 0 Å². The predicted molar refractivity (Wildman–Crippen MR) is 11.4 cm³/mol. The Labute approximate surface area is 55.6 Å². The van der Waals surface area contributed by atoms with Gasteiger partial charge >= 0.3 is 19.5 Å². The zero-order valence-electron chi connectivity index (χ0n) is 2.83. The Bertz CT molecular complexity index is 15.5. The van der Waals surface area contributed by atoms with Crippen molar-refractivity contribution in [2.75, 3.05) is 0 Å². The van der Waals surface area contributed by atoms with E-state index in [-0.39, 0.29) is 31.9 Å². The third-order valence-corrected chi connectivity index (χ3v) is 0. The number of hydrogen-bond donors (Lipinski definition) is 2. The SMILES string of the molecule is [Cl-].[O-]P(O)O.[Zn+2]. The second-order valence-corrected chi connectivity index (χ2v) is 0.758. The van der Waals surface area contributed by atoms with Gasteiger partial charge in [-0.2, -0.15) is 0 Å². The summed E-state index contributed by atoms with van der Waals surface area (Å²) in [6.45, 7) is 0. The van der Waals surface area contributed by atoms with E-state index >= 15 is 0 Å². The molecular weight excluding hydrogens is 180 g/mol. The van der Waals surface area contributed by atoms with Gasteiger partial charge in [0.15, 0.2) is 0 Å². The van der Waals surface area contributed by atoms with Gasteiger partial charge in [-0.3, -0.25) is 0 Å². The van der Waals surface area contributed by atoms with Gasteiger partial charge < -0.3 is 27.1 Å². The largest absolute Gasteiger partial charge is 2.00 e. The molecule has 0 radical (unpaired) electrons. The summed E-state index contributed by atoms with van der Waals surface area (Å²) in [6, 6.07) is 0. The summed E-state index contributed by atoms with van der Waals surface area (Å²) in [7, 11) is -2.87. The van der Waals surface area contributed by atoms with Crippen molar-refractivity contribution in [1.29, 1.82) is 0 Å². The van der Waals surface area contributed by atoms with Crippen LogP contribution in [0.1, 0.15) is 0 Å². The summed E-state index contributed by atoms with van der Waals surface area (Å²) in [5.74, 6) is 0. The zero-order valence-corrected chi connectivity index (χ0v) is 7.45. The van der Waals surface area contributed by atoms with Crippen molar-refractivity contribution in [3.8, 4) is 0 Å². The van der Waals surface area contributed by atoms with Crippen molar-refractivity contribution in [2.45, 2.75) is 0 Å². The molecule has 3 nitrogen and oxygen atoms in total. The van der Waals surface area contributed by atoms with Crippen LogP contribution < -0.4 is 17.3 Å². The molecule has 0 aromatic heterocycles. The third kappa shape index (κ3) is 62.3. The van der Waals surface area contributed by atoms with Crippen LogP contribution in [-0.4, -0.2) is 9.79 Å². The van der Waals surface area contributed by atoms with Crippen LogP contribution in [0.25, 0.3) is 0 Å². The van der Waals surface area contributed by atoms with Gasteiger partial charge in [-0.15, -0.1) is 0 Å². The molecule has 0 spiro atoms. The van der Waals surface area contributed by atoms with Crippen molar-refractivity contribution >= 4 is 8.60 Å². The molecule has 6 heteroatoms. The molecule has 0 atom stereocenters. The molecule has 0 aliphatic rings. The van der Waals surface area contributed by atoms with Gasteiger partial charge in [0.1, 0.15) is 0 Å². The first kappa shape index (κ1) is 15.7. The molecular formula is H2ClO3PZn. The van der Waals surface area contributed by atoms with Crippen LogP contribution in [0.4, 0.5) is 0 Å². The number of halogens is 1. The van der Waals surface area contributed by atoms with Crippen molar-refractivity contribution in [1.82, 2.24) is 0 Å². The van der Waals surface area contributed by atoms with Gasteiger partial charge in [-0.25, -0.2) is 0 Å². The van der Waals surface area contributed by atoms with Gasteiger partial charge in [0, 0.05) is 0 Å². The molecule has 0 unspecified atom stereocenters.